The largest absolute Gasteiger partial charge is 0.481 e. The van der Waals surface area contributed by atoms with Crippen LogP contribution in [0.5, 0.6) is 0 Å². The SMILES string of the molecule is CC(CCCNC(=O)C1COC(CNC(=O)OCC2c3ccccc3-c3ccccc32)C1)C(=O)O. The number of benzene rings is 2. The molecule has 1 fully saturated rings. The van der Waals surface area contributed by atoms with Crippen molar-refractivity contribution in [1.29, 1.82) is 0 Å². The Balaban J connectivity index is 1.17. The summed E-state index contributed by atoms with van der Waals surface area (Å²) in [4.78, 5) is 35.5. The summed E-state index contributed by atoms with van der Waals surface area (Å²) in [5, 5.41) is 14.5. The Hall–Kier alpha value is -3.39. The van der Waals surface area contributed by atoms with Crippen LogP contribution in [0.3, 0.4) is 0 Å². The lowest BCUT2D eigenvalue weighted by atomic mass is 9.98. The van der Waals surface area contributed by atoms with Gasteiger partial charge in [0.15, 0.2) is 0 Å². The number of rotatable bonds is 10. The third-order valence-electron chi connectivity index (χ3n) is 6.80. The zero-order valence-corrected chi connectivity index (χ0v) is 19.9. The average molecular weight is 481 g/mol. The maximum atomic E-state index is 12.4. The molecular formula is C27H32N2O6. The predicted molar refractivity (Wildman–Crippen MR) is 130 cm³/mol. The average Bonchev–Trinajstić information content (AvgIpc) is 3.47. The molecule has 2 amide bonds. The second kappa shape index (κ2) is 11.4. The van der Waals surface area contributed by atoms with Crippen LogP contribution in [-0.4, -0.2) is 55.5 Å². The van der Waals surface area contributed by atoms with E-state index in [0.29, 0.717) is 32.4 Å². The second-order valence-corrected chi connectivity index (χ2v) is 9.27. The molecule has 0 radical (unpaired) electrons. The number of hydrogen-bond donors (Lipinski definition) is 3. The fraction of sp³-hybridized carbons (Fsp3) is 0.444. The first-order valence-electron chi connectivity index (χ1n) is 12.1. The molecule has 2 aliphatic rings. The monoisotopic (exact) mass is 480 g/mol. The van der Waals surface area contributed by atoms with Gasteiger partial charge in [0.25, 0.3) is 0 Å². The van der Waals surface area contributed by atoms with Crippen LogP contribution < -0.4 is 10.6 Å². The van der Waals surface area contributed by atoms with E-state index in [-0.39, 0.29) is 37.0 Å². The van der Waals surface area contributed by atoms with Gasteiger partial charge in [-0.3, -0.25) is 9.59 Å². The summed E-state index contributed by atoms with van der Waals surface area (Å²) in [5.41, 5.74) is 4.67. The van der Waals surface area contributed by atoms with Crippen LogP contribution in [0.15, 0.2) is 48.5 Å². The highest BCUT2D eigenvalue weighted by Gasteiger charge is 2.32. The van der Waals surface area contributed by atoms with E-state index in [4.69, 9.17) is 14.6 Å². The summed E-state index contributed by atoms with van der Waals surface area (Å²) in [5.74, 6) is -1.62. The van der Waals surface area contributed by atoms with Gasteiger partial charge in [0.05, 0.1) is 24.5 Å². The summed E-state index contributed by atoms with van der Waals surface area (Å²) < 4.78 is 11.2. The van der Waals surface area contributed by atoms with Gasteiger partial charge in [0, 0.05) is 19.0 Å². The molecule has 3 unspecified atom stereocenters. The van der Waals surface area contributed by atoms with Crippen LogP contribution in [0, 0.1) is 11.8 Å². The number of amides is 2. The van der Waals surface area contributed by atoms with Gasteiger partial charge in [-0.1, -0.05) is 55.5 Å². The maximum Gasteiger partial charge on any atom is 0.407 e. The lowest BCUT2D eigenvalue weighted by Crippen LogP contribution is -2.34. The quantitative estimate of drug-likeness (QED) is 0.448. The molecule has 2 aromatic rings. The van der Waals surface area contributed by atoms with Gasteiger partial charge >= 0.3 is 12.1 Å². The Kier molecular flexibility index (Phi) is 8.02. The van der Waals surface area contributed by atoms with Gasteiger partial charge in [-0.05, 0) is 41.5 Å². The summed E-state index contributed by atoms with van der Waals surface area (Å²) in [7, 11) is 0. The molecule has 3 atom stereocenters. The lowest BCUT2D eigenvalue weighted by molar-refractivity contribution is -0.141. The van der Waals surface area contributed by atoms with Crippen LogP contribution in [0.1, 0.15) is 43.2 Å². The number of ether oxygens (including phenoxy) is 2. The Morgan fingerprint density at radius 3 is 2.37 bits per heavy atom. The van der Waals surface area contributed by atoms with Crippen molar-refractivity contribution in [3.63, 3.8) is 0 Å². The molecule has 1 saturated heterocycles. The van der Waals surface area contributed by atoms with Gasteiger partial charge in [-0.2, -0.15) is 0 Å². The van der Waals surface area contributed by atoms with E-state index in [1.165, 1.54) is 11.1 Å². The molecule has 0 bridgehead atoms. The lowest BCUT2D eigenvalue weighted by Gasteiger charge is -2.16. The smallest absolute Gasteiger partial charge is 0.407 e. The van der Waals surface area contributed by atoms with E-state index < -0.39 is 18.0 Å². The Morgan fingerprint density at radius 2 is 1.71 bits per heavy atom. The van der Waals surface area contributed by atoms with Crippen LogP contribution in [0.2, 0.25) is 0 Å². The van der Waals surface area contributed by atoms with Crippen molar-refractivity contribution in [3.05, 3.63) is 59.7 Å². The number of carboxylic acid groups (broad SMARTS) is 1. The molecule has 4 rings (SSSR count). The van der Waals surface area contributed by atoms with Gasteiger partial charge in [-0.15, -0.1) is 0 Å². The molecular weight excluding hydrogens is 448 g/mol. The fourth-order valence-electron chi connectivity index (χ4n) is 4.76. The summed E-state index contributed by atoms with van der Waals surface area (Å²) >= 11 is 0. The predicted octanol–water partition coefficient (Wildman–Crippen LogP) is 3.55. The topological polar surface area (TPSA) is 114 Å². The zero-order chi connectivity index (χ0) is 24.8. The Morgan fingerprint density at radius 1 is 1.06 bits per heavy atom. The molecule has 8 heteroatoms. The van der Waals surface area contributed by atoms with Gasteiger partial charge < -0.3 is 25.2 Å². The van der Waals surface area contributed by atoms with Crippen molar-refractivity contribution in [2.24, 2.45) is 11.8 Å². The molecule has 2 aromatic carbocycles. The van der Waals surface area contributed by atoms with E-state index in [1.807, 2.05) is 24.3 Å². The van der Waals surface area contributed by atoms with Crippen molar-refractivity contribution in [1.82, 2.24) is 10.6 Å². The van der Waals surface area contributed by atoms with Gasteiger partial charge in [0.1, 0.15) is 6.61 Å². The Bertz CT molecular complexity index is 1030. The van der Waals surface area contributed by atoms with Crippen molar-refractivity contribution >= 4 is 18.0 Å². The van der Waals surface area contributed by atoms with E-state index >= 15 is 0 Å². The third-order valence-corrected chi connectivity index (χ3v) is 6.80. The minimum atomic E-state index is -0.827. The molecule has 186 valence electrons. The van der Waals surface area contributed by atoms with E-state index in [2.05, 4.69) is 34.9 Å². The van der Waals surface area contributed by atoms with Crippen molar-refractivity contribution in [3.8, 4) is 11.1 Å². The number of nitrogens with one attached hydrogen (secondary N) is 2. The maximum absolute atomic E-state index is 12.4. The van der Waals surface area contributed by atoms with Crippen molar-refractivity contribution in [2.75, 3.05) is 26.3 Å². The number of alkyl carbamates (subject to hydrolysis) is 1. The molecule has 0 saturated carbocycles. The second-order valence-electron chi connectivity index (χ2n) is 9.27. The molecule has 1 heterocycles. The van der Waals surface area contributed by atoms with E-state index in [0.717, 1.165) is 11.1 Å². The highest BCUT2D eigenvalue weighted by atomic mass is 16.5. The van der Waals surface area contributed by atoms with Crippen molar-refractivity contribution in [2.45, 2.75) is 38.2 Å². The van der Waals surface area contributed by atoms with Crippen LogP contribution in [0.25, 0.3) is 11.1 Å². The first-order chi connectivity index (χ1) is 16.9. The number of carboxylic acids is 1. The first-order valence-corrected chi connectivity index (χ1v) is 12.1. The fourth-order valence-corrected chi connectivity index (χ4v) is 4.76. The van der Waals surface area contributed by atoms with Gasteiger partial charge in [0.2, 0.25) is 5.91 Å². The number of fused-ring (bicyclic) bond motifs is 3. The van der Waals surface area contributed by atoms with Crippen LogP contribution >= 0.6 is 0 Å². The highest BCUT2D eigenvalue weighted by molar-refractivity contribution is 5.79. The zero-order valence-electron chi connectivity index (χ0n) is 19.9. The molecule has 35 heavy (non-hydrogen) atoms. The van der Waals surface area contributed by atoms with Crippen LogP contribution in [0.4, 0.5) is 4.79 Å². The first kappa shape index (κ1) is 24.7. The molecule has 0 aromatic heterocycles. The molecule has 3 N–H and O–H groups in total. The summed E-state index contributed by atoms with van der Waals surface area (Å²) in [6, 6.07) is 16.4. The van der Waals surface area contributed by atoms with E-state index in [1.54, 1.807) is 6.92 Å². The molecule has 1 aliphatic carbocycles. The van der Waals surface area contributed by atoms with Crippen molar-refractivity contribution < 1.29 is 29.0 Å². The normalized spacial score (nSPS) is 19.5. The number of aliphatic carboxylic acids is 1. The molecule has 0 spiro atoms. The number of carbonyl (C=O) groups excluding carboxylic acids is 2. The van der Waals surface area contributed by atoms with Crippen LogP contribution in [-0.2, 0) is 19.1 Å². The molecule has 1 aliphatic heterocycles. The molecule has 8 nitrogen and oxygen atoms in total. The standard InChI is InChI=1S/C27H32N2O6/c1-17(26(31)32)7-6-12-28-25(30)18-13-19(34-15-18)14-29-27(33)35-16-24-22-10-4-2-8-20(22)21-9-3-5-11-23(21)24/h2-5,8-11,17-19,24H,6-7,12-16H2,1H3,(H,28,30)(H,29,33)(H,31,32). The summed E-state index contributed by atoms with van der Waals surface area (Å²) in [6.07, 6.45) is 0.888. The highest BCUT2D eigenvalue weighted by Crippen LogP contribution is 2.44. The minimum Gasteiger partial charge on any atom is -0.481 e. The minimum absolute atomic E-state index is 0.00226. The number of carbonyl (C=O) groups is 3. The Labute approximate surface area is 205 Å². The number of hydrogen-bond acceptors (Lipinski definition) is 5. The van der Waals surface area contributed by atoms with E-state index in [9.17, 15) is 14.4 Å². The summed E-state index contributed by atoms with van der Waals surface area (Å²) in [6.45, 7) is 2.92. The van der Waals surface area contributed by atoms with Gasteiger partial charge in [-0.25, -0.2) is 4.79 Å². The third kappa shape index (κ3) is 6.00.